The number of amides is 1. The zero-order valence-corrected chi connectivity index (χ0v) is 13.4. The number of hydrogen-bond donors (Lipinski definition) is 4. The van der Waals surface area contributed by atoms with Gasteiger partial charge in [-0.25, -0.2) is 0 Å². The lowest BCUT2D eigenvalue weighted by atomic mass is 9.72. The van der Waals surface area contributed by atoms with E-state index in [2.05, 4.69) is 5.32 Å². The Morgan fingerprint density at radius 2 is 1.96 bits per heavy atom. The molecule has 1 heterocycles. The van der Waals surface area contributed by atoms with E-state index in [4.69, 9.17) is 4.65 Å². The molecule has 1 amide bonds. The van der Waals surface area contributed by atoms with Crippen LogP contribution in [0.5, 0.6) is 17.2 Å². The van der Waals surface area contributed by atoms with Gasteiger partial charge in [-0.2, -0.15) is 0 Å². The SMILES string of the molecule is CC(=O)c1cccc2c1OB(O)[C@@H](NC(=O)c1ccc(O)c(O)c1)C2. The molecule has 0 saturated heterocycles. The summed E-state index contributed by atoms with van der Waals surface area (Å²) in [6.07, 6.45) is 0.285. The molecule has 1 aliphatic heterocycles. The van der Waals surface area contributed by atoms with Crippen LogP contribution in [-0.2, 0) is 6.42 Å². The average molecular weight is 341 g/mol. The standard InChI is InChI=1S/C17H16BNO6/c1-9(20)12-4-2-3-10-8-15(18(24)25-16(10)12)19-17(23)11-5-6-13(21)14(22)7-11/h2-7,15,21-22,24H,8H2,1H3,(H,19,23)/t15-/m0/s1. The number of ketones is 1. The number of aromatic hydroxyl groups is 2. The Morgan fingerprint density at radius 3 is 2.64 bits per heavy atom. The van der Waals surface area contributed by atoms with Crippen LogP contribution in [0, 0.1) is 0 Å². The maximum Gasteiger partial charge on any atom is 0.547 e. The first-order valence-electron chi connectivity index (χ1n) is 7.67. The minimum atomic E-state index is -1.32. The Hall–Kier alpha value is -3.00. The minimum absolute atomic E-state index is 0.130. The summed E-state index contributed by atoms with van der Waals surface area (Å²) in [6, 6.07) is 8.77. The van der Waals surface area contributed by atoms with Gasteiger partial charge in [-0.15, -0.1) is 0 Å². The summed E-state index contributed by atoms with van der Waals surface area (Å²) in [5.74, 6) is -1.85. The Morgan fingerprint density at radius 1 is 1.20 bits per heavy atom. The third kappa shape index (κ3) is 3.29. The van der Waals surface area contributed by atoms with E-state index in [1.165, 1.54) is 19.1 Å². The number of Topliss-reactive ketones (excluding diaryl/α,β-unsaturated/α-hetero) is 1. The quantitative estimate of drug-likeness (QED) is 0.377. The lowest BCUT2D eigenvalue weighted by Gasteiger charge is -2.29. The van der Waals surface area contributed by atoms with Gasteiger partial charge in [-0.1, -0.05) is 12.1 Å². The molecular weight excluding hydrogens is 325 g/mol. The first-order chi connectivity index (χ1) is 11.9. The van der Waals surface area contributed by atoms with Crippen LogP contribution in [0.15, 0.2) is 36.4 Å². The van der Waals surface area contributed by atoms with Gasteiger partial charge in [-0.05, 0) is 43.2 Å². The molecule has 0 aliphatic carbocycles. The van der Waals surface area contributed by atoms with Gasteiger partial charge in [0.05, 0.1) is 11.5 Å². The summed E-state index contributed by atoms with van der Waals surface area (Å²) in [5.41, 5.74) is 1.22. The van der Waals surface area contributed by atoms with Crippen molar-refractivity contribution in [1.29, 1.82) is 0 Å². The number of nitrogens with one attached hydrogen (secondary N) is 1. The number of benzene rings is 2. The van der Waals surface area contributed by atoms with Gasteiger partial charge in [0, 0.05) is 5.56 Å². The third-order valence-electron chi connectivity index (χ3n) is 4.05. The van der Waals surface area contributed by atoms with Gasteiger partial charge in [0.1, 0.15) is 5.75 Å². The summed E-state index contributed by atoms with van der Waals surface area (Å²) >= 11 is 0. The minimum Gasteiger partial charge on any atom is -0.534 e. The van der Waals surface area contributed by atoms with Crippen molar-refractivity contribution in [3.8, 4) is 17.2 Å². The van der Waals surface area contributed by atoms with Crippen molar-refractivity contribution in [2.45, 2.75) is 19.3 Å². The van der Waals surface area contributed by atoms with Gasteiger partial charge in [0.25, 0.3) is 5.91 Å². The first kappa shape index (κ1) is 16.8. The normalized spacial score (nSPS) is 15.9. The van der Waals surface area contributed by atoms with E-state index in [1.807, 2.05) is 0 Å². The van der Waals surface area contributed by atoms with E-state index >= 15 is 0 Å². The highest BCUT2D eigenvalue weighted by Crippen LogP contribution is 2.30. The van der Waals surface area contributed by atoms with Crippen LogP contribution in [0.2, 0.25) is 0 Å². The molecule has 0 radical (unpaired) electrons. The van der Waals surface area contributed by atoms with Gasteiger partial charge >= 0.3 is 7.12 Å². The number of rotatable bonds is 3. The lowest BCUT2D eigenvalue weighted by molar-refractivity contribution is 0.0938. The van der Waals surface area contributed by atoms with Crippen molar-refractivity contribution >= 4 is 18.8 Å². The lowest BCUT2D eigenvalue weighted by Crippen LogP contribution is -2.53. The summed E-state index contributed by atoms with van der Waals surface area (Å²) in [6.45, 7) is 1.41. The fourth-order valence-corrected chi connectivity index (χ4v) is 2.74. The van der Waals surface area contributed by atoms with E-state index in [0.29, 0.717) is 16.9 Å². The number of hydrogen-bond acceptors (Lipinski definition) is 6. The van der Waals surface area contributed by atoms with Crippen LogP contribution in [0.4, 0.5) is 0 Å². The van der Waals surface area contributed by atoms with Crippen LogP contribution in [0.3, 0.4) is 0 Å². The largest absolute Gasteiger partial charge is 0.547 e. The van der Waals surface area contributed by atoms with Crippen molar-refractivity contribution in [2.75, 3.05) is 0 Å². The van der Waals surface area contributed by atoms with E-state index < -0.39 is 24.7 Å². The average Bonchev–Trinajstić information content (AvgIpc) is 2.57. The highest BCUT2D eigenvalue weighted by Gasteiger charge is 2.37. The molecule has 0 saturated carbocycles. The summed E-state index contributed by atoms with van der Waals surface area (Å²) < 4.78 is 5.45. The highest BCUT2D eigenvalue weighted by atomic mass is 16.5. The van der Waals surface area contributed by atoms with E-state index in [9.17, 15) is 24.8 Å². The Labute approximate surface area is 144 Å². The predicted octanol–water partition coefficient (Wildman–Crippen LogP) is 1.05. The van der Waals surface area contributed by atoms with Gasteiger partial charge in [0.15, 0.2) is 17.3 Å². The zero-order chi connectivity index (χ0) is 18.1. The number of carbonyl (C=O) groups is 2. The smallest absolute Gasteiger partial charge is 0.534 e. The van der Waals surface area contributed by atoms with Crippen molar-refractivity contribution in [2.24, 2.45) is 0 Å². The monoisotopic (exact) mass is 341 g/mol. The van der Waals surface area contributed by atoms with Crippen LogP contribution in [0.1, 0.15) is 33.2 Å². The number of para-hydroxylation sites is 1. The number of phenols is 2. The van der Waals surface area contributed by atoms with Gasteiger partial charge < -0.3 is 25.2 Å². The molecule has 2 aromatic rings. The molecule has 4 N–H and O–H groups in total. The van der Waals surface area contributed by atoms with E-state index in [-0.39, 0.29) is 23.5 Å². The van der Waals surface area contributed by atoms with Gasteiger partial charge in [-0.3, -0.25) is 9.59 Å². The molecule has 25 heavy (non-hydrogen) atoms. The molecule has 128 valence electrons. The maximum atomic E-state index is 12.3. The second-order valence-corrected chi connectivity index (χ2v) is 5.85. The second kappa shape index (κ2) is 6.48. The van der Waals surface area contributed by atoms with Gasteiger partial charge in [0.2, 0.25) is 0 Å². The fraction of sp³-hybridized carbons (Fsp3) is 0.176. The number of phenolic OH excluding ortho intramolecular Hbond substituents is 2. The fourth-order valence-electron chi connectivity index (χ4n) is 2.74. The topological polar surface area (TPSA) is 116 Å². The summed E-state index contributed by atoms with van der Waals surface area (Å²) in [7, 11) is -1.32. The summed E-state index contributed by atoms with van der Waals surface area (Å²) in [4.78, 5) is 23.9. The molecule has 1 atom stereocenters. The number of fused-ring (bicyclic) bond motifs is 1. The van der Waals surface area contributed by atoms with Crippen molar-refractivity contribution in [1.82, 2.24) is 5.32 Å². The van der Waals surface area contributed by atoms with E-state index in [0.717, 1.165) is 6.07 Å². The molecule has 0 unspecified atom stereocenters. The molecule has 1 aliphatic rings. The van der Waals surface area contributed by atoms with Crippen molar-refractivity contribution < 1.29 is 29.5 Å². The molecular formula is C17H16BNO6. The molecule has 7 nitrogen and oxygen atoms in total. The molecule has 2 aromatic carbocycles. The molecule has 0 bridgehead atoms. The second-order valence-electron chi connectivity index (χ2n) is 5.85. The van der Waals surface area contributed by atoms with Crippen LogP contribution >= 0.6 is 0 Å². The first-order valence-corrected chi connectivity index (χ1v) is 7.67. The Kier molecular flexibility index (Phi) is 4.37. The van der Waals surface area contributed by atoms with Crippen LogP contribution in [-0.4, -0.2) is 40.0 Å². The number of carbonyl (C=O) groups excluding carboxylic acids is 2. The molecule has 3 rings (SSSR count). The Bertz CT molecular complexity index is 853. The molecule has 8 heteroatoms. The third-order valence-corrected chi connectivity index (χ3v) is 4.05. The predicted molar refractivity (Wildman–Crippen MR) is 89.8 cm³/mol. The van der Waals surface area contributed by atoms with Crippen LogP contribution in [0.25, 0.3) is 0 Å². The van der Waals surface area contributed by atoms with E-state index in [1.54, 1.807) is 18.2 Å². The molecule has 0 spiro atoms. The van der Waals surface area contributed by atoms with Crippen molar-refractivity contribution in [3.63, 3.8) is 0 Å². The molecule has 0 fully saturated rings. The highest BCUT2D eigenvalue weighted by molar-refractivity contribution is 6.47. The van der Waals surface area contributed by atoms with Crippen LogP contribution < -0.4 is 9.97 Å². The maximum absolute atomic E-state index is 12.3. The Balaban J connectivity index is 1.80. The zero-order valence-electron chi connectivity index (χ0n) is 13.4. The summed E-state index contributed by atoms with van der Waals surface area (Å²) in [5, 5.41) is 31.6. The van der Waals surface area contributed by atoms with Crippen molar-refractivity contribution in [3.05, 3.63) is 53.1 Å². The molecule has 0 aromatic heterocycles.